The second-order valence-corrected chi connectivity index (χ2v) is 7.86. The first-order valence-electron chi connectivity index (χ1n) is 10.4. The molecule has 4 nitrogen and oxygen atoms in total. The van der Waals surface area contributed by atoms with Crippen molar-refractivity contribution in [1.82, 2.24) is 4.57 Å². The van der Waals surface area contributed by atoms with E-state index in [0.717, 1.165) is 30.4 Å². The van der Waals surface area contributed by atoms with Crippen LogP contribution in [-0.2, 0) is 11.3 Å². The minimum absolute atomic E-state index is 0.208. The number of nitrogen functional groups attached to an aromatic ring is 1. The molecule has 0 spiro atoms. The van der Waals surface area contributed by atoms with Gasteiger partial charge in [0.2, 0.25) is 0 Å². The first-order chi connectivity index (χ1) is 14.0. The first kappa shape index (κ1) is 20.8. The molecule has 4 heteroatoms. The van der Waals surface area contributed by atoms with Gasteiger partial charge in [-0.05, 0) is 92.0 Å². The second kappa shape index (κ2) is 9.08. The molecule has 29 heavy (non-hydrogen) atoms. The monoisotopic (exact) mass is 389 g/mol. The Morgan fingerprint density at radius 3 is 2.69 bits per heavy atom. The van der Waals surface area contributed by atoms with Gasteiger partial charge >= 0.3 is 0 Å². The van der Waals surface area contributed by atoms with E-state index in [4.69, 9.17) is 11.1 Å². The minimum atomic E-state index is 0.208. The Hall–Kier alpha value is -2.88. The van der Waals surface area contributed by atoms with Crippen LogP contribution in [0.1, 0.15) is 68.2 Å². The van der Waals surface area contributed by atoms with E-state index >= 15 is 0 Å². The number of rotatable bonds is 7. The molecule has 0 unspecified atom stereocenters. The normalized spacial score (nSPS) is 14.9. The molecule has 1 heterocycles. The number of nitrogens with zero attached hydrogens (tertiary/aromatic N) is 1. The van der Waals surface area contributed by atoms with Crippen molar-refractivity contribution in [2.24, 2.45) is 0 Å². The summed E-state index contributed by atoms with van der Waals surface area (Å²) in [6.07, 6.45) is 12.7. The third-order valence-corrected chi connectivity index (χ3v) is 5.80. The number of carbonyl (C=O) groups is 1. The fourth-order valence-electron chi connectivity index (χ4n) is 4.32. The molecule has 0 bridgehead atoms. The number of hydrogen-bond acceptors (Lipinski definition) is 3. The van der Waals surface area contributed by atoms with Crippen LogP contribution in [-0.4, -0.2) is 16.6 Å². The summed E-state index contributed by atoms with van der Waals surface area (Å²) >= 11 is 0. The van der Waals surface area contributed by atoms with Gasteiger partial charge in [-0.1, -0.05) is 12.1 Å². The zero-order valence-electron chi connectivity index (χ0n) is 17.7. The van der Waals surface area contributed by atoms with Crippen LogP contribution in [0.5, 0.6) is 0 Å². The number of hydrogen-bond donors (Lipinski definition) is 2. The Morgan fingerprint density at radius 2 is 2.00 bits per heavy atom. The van der Waals surface area contributed by atoms with Crippen LogP contribution in [0.25, 0.3) is 11.1 Å². The van der Waals surface area contributed by atoms with Gasteiger partial charge in [0.1, 0.15) is 5.78 Å². The Balaban J connectivity index is 2.09. The predicted octanol–water partition coefficient (Wildman–Crippen LogP) is 5.79. The summed E-state index contributed by atoms with van der Waals surface area (Å²) < 4.78 is 2.10. The molecule has 1 aliphatic carbocycles. The van der Waals surface area contributed by atoms with Crippen LogP contribution in [0, 0.1) is 12.3 Å². The van der Waals surface area contributed by atoms with Gasteiger partial charge in [-0.15, -0.1) is 0 Å². The highest BCUT2D eigenvalue weighted by atomic mass is 16.1. The van der Waals surface area contributed by atoms with Crippen molar-refractivity contribution in [1.29, 1.82) is 5.41 Å². The summed E-state index contributed by atoms with van der Waals surface area (Å²) in [4.78, 5) is 11.3. The molecule has 1 aromatic carbocycles. The lowest BCUT2D eigenvalue weighted by atomic mass is 9.79. The third-order valence-electron chi connectivity index (χ3n) is 5.80. The van der Waals surface area contributed by atoms with E-state index in [1.54, 1.807) is 6.92 Å². The number of allylic oxidation sites excluding steroid dienone is 4. The highest BCUT2D eigenvalue weighted by molar-refractivity contribution is 5.98. The standard InChI is InChI=1S/C25H31N3O/c1-4-20(19-12-14-28(16-19)13-11-18(3)29)21-7-5-6-8-22(21)25-17(2)9-10-24(27)23(25)15-26/h4,9-10,12,14-16,26H,5-8,11,13,27H2,1-3H3/b20-4-,26-15?. The molecule has 3 rings (SSSR count). The zero-order valence-corrected chi connectivity index (χ0v) is 17.7. The molecule has 0 radical (unpaired) electrons. The number of anilines is 1. The summed E-state index contributed by atoms with van der Waals surface area (Å²) in [5, 5.41) is 7.93. The predicted molar refractivity (Wildman–Crippen MR) is 122 cm³/mol. The van der Waals surface area contributed by atoms with Gasteiger partial charge in [0.15, 0.2) is 0 Å². The Kier molecular flexibility index (Phi) is 6.53. The van der Waals surface area contributed by atoms with E-state index in [9.17, 15) is 4.79 Å². The van der Waals surface area contributed by atoms with E-state index < -0.39 is 0 Å². The van der Waals surface area contributed by atoms with Gasteiger partial charge in [-0.3, -0.25) is 4.79 Å². The SMILES string of the molecule is C/C=C(\C1=C(c2c(C)ccc(N)c2C=N)CCCC1)c1ccn(CCC(C)=O)c1. The largest absolute Gasteiger partial charge is 0.398 e. The van der Waals surface area contributed by atoms with Crippen molar-refractivity contribution >= 4 is 28.8 Å². The van der Waals surface area contributed by atoms with Crippen molar-refractivity contribution in [3.8, 4) is 0 Å². The number of aryl methyl sites for hydroxylation is 2. The molecule has 0 saturated carbocycles. The Bertz CT molecular complexity index is 991. The van der Waals surface area contributed by atoms with Crippen LogP contribution >= 0.6 is 0 Å². The average Bonchev–Trinajstić information content (AvgIpc) is 3.18. The molecular weight excluding hydrogens is 358 g/mol. The van der Waals surface area contributed by atoms with Crippen molar-refractivity contribution < 1.29 is 4.79 Å². The van der Waals surface area contributed by atoms with Gasteiger partial charge in [-0.2, -0.15) is 0 Å². The maximum Gasteiger partial charge on any atom is 0.131 e. The molecule has 0 aliphatic heterocycles. The number of aromatic nitrogens is 1. The van der Waals surface area contributed by atoms with Crippen molar-refractivity contribution in [3.63, 3.8) is 0 Å². The molecule has 0 fully saturated rings. The fraction of sp³-hybridized carbons (Fsp3) is 0.360. The molecule has 0 saturated heterocycles. The van der Waals surface area contributed by atoms with E-state index in [1.165, 1.54) is 40.5 Å². The van der Waals surface area contributed by atoms with Crippen LogP contribution in [0.3, 0.4) is 0 Å². The number of Topliss-reactive ketones (excluding diaryl/α,β-unsaturated/α-hetero) is 1. The van der Waals surface area contributed by atoms with Gasteiger partial charge in [0.25, 0.3) is 0 Å². The van der Waals surface area contributed by atoms with Crippen molar-refractivity contribution in [2.45, 2.75) is 59.4 Å². The van der Waals surface area contributed by atoms with Gasteiger partial charge in [-0.25, -0.2) is 0 Å². The first-order valence-corrected chi connectivity index (χ1v) is 10.4. The Labute approximate surface area is 173 Å². The van der Waals surface area contributed by atoms with E-state index in [-0.39, 0.29) is 5.78 Å². The Morgan fingerprint density at radius 1 is 1.24 bits per heavy atom. The van der Waals surface area contributed by atoms with Gasteiger partial charge in [0, 0.05) is 42.8 Å². The average molecular weight is 390 g/mol. The minimum Gasteiger partial charge on any atom is -0.398 e. The fourth-order valence-corrected chi connectivity index (χ4v) is 4.32. The number of benzene rings is 1. The van der Waals surface area contributed by atoms with E-state index in [0.29, 0.717) is 18.7 Å². The molecule has 0 atom stereocenters. The molecule has 1 aromatic heterocycles. The topological polar surface area (TPSA) is 71.9 Å². The summed E-state index contributed by atoms with van der Waals surface area (Å²) in [5.41, 5.74) is 15.1. The maximum absolute atomic E-state index is 11.3. The molecule has 0 amide bonds. The summed E-state index contributed by atoms with van der Waals surface area (Å²) in [6, 6.07) is 6.09. The van der Waals surface area contributed by atoms with Crippen molar-refractivity contribution in [2.75, 3.05) is 5.73 Å². The molecule has 1 aliphatic rings. The maximum atomic E-state index is 11.3. The van der Waals surface area contributed by atoms with Gasteiger partial charge in [0.05, 0.1) is 0 Å². The zero-order chi connectivity index (χ0) is 21.0. The van der Waals surface area contributed by atoms with Crippen LogP contribution in [0.2, 0.25) is 0 Å². The highest BCUT2D eigenvalue weighted by Crippen LogP contribution is 2.42. The smallest absolute Gasteiger partial charge is 0.131 e. The second-order valence-electron chi connectivity index (χ2n) is 7.86. The number of nitrogens with two attached hydrogens (primary N) is 1. The molecule has 3 N–H and O–H groups in total. The lowest BCUT2D eigenvalue weighted by Gasteiger charge is -2.25. The highest BCUT2D eigenvalue weighted by Gasteiger charge is 2.22. The molecule has 152 valence electrons. The number of ketones is 1. The van der Waals surface area contributed by atoms with Gasteiger partial charge < -0.3 is 15.7 Å². The number of nitrogens with one attached hydrogen (secondary N) is 1. The van der Waals surface area contributed by atoms with Crippen LogP contribution < -0.4 is 5.73 Å². The van der Waals surface area contributed by atoms with E-state index in [2.05, 4.69) is 49.0 Å². The van der Waals surface area contributed by atoms with Crippen LogP contribution in [0.4, 0.5) is 5.69 Å². The number of carbonyl (C=O) groups excluding carboxylic acids is 1. The molecular formula is C25H31N3O. The lowest BCUT2D eigenvalue weighted by molar-refractivity contribution is -0.117. The summed E-state index contributed by atoms with van der Waals surface area (Å²) in [7, 11) is 0. The van der Waals surface area contributed by atoms with E-state index in [1.807, 2.05) is 6.07 Å². The molecule has 2 aromatic rings. The lowest BCUT2D eigenvalue weighted by Crippen LogP contribution is -2.07. The third kappa shape index (κ3) is 4.42. The van der Waals surface area contributed by atoms with Crippen LogP contribution in [0.15, 0.2) is 42.2 Å². The summed E-state index contributed by atoms with van der Waals surface area (Å²) in [5.74, 6) is 0.208. The quantitative estimate of drug-likeness (QED) is 0.465. The van der Waals surface area contributed by atoms with Crippen molar-refractivity contribution in [3.05, 3.63) is 64.5 Å². The summed E-state index contributed by atoms with van der Waals surface area (Å²) in [6.45, 7) is 6.54.